The van der Waals surface area contributed by atoms with Gasteiger partial charge in [-0.15, -0.1) is 0 Å². The predicted octanol–water partition coefficient (Wildman–Crippen LogP) is 2.14. The SMILES string of the molecule is COc1ccccc1C(Cc1c(Cl)c(C)nn1C)NN. The molecule has 0 amide bonds. The number of benzene rings is 1. The second kappa shape index (κ2) is 6.26. The van der Waals surface area contributed by atoms with Crippen molar-refractivity contribution in [1.82, 2.24) is 15.2 Å². The molecule has 1 aromatic heterocycles. The summed E-state index contributed by atoms with van der Waals surface area (Å²) in [5.74, 6) is 6.50. The number of nitrogens with one attached hydrogen (secondary N) is 1. The van der Waals surface area contributed by atoms with Crippen LogP contribution in [0.5, 0.6) is 5.75 Å². The van der Waals surface area contributed by atoms with Crippen molar-refractivity contribution in [2.75, 3.05) is 7.11 Å². The van der Waals surface area contributed by atoms with Crippen LogP contribution in [0.3, 0.4) is 0 Å². The Bertz CT molecular complexity index is 597. The van der Waals surface area contributed by atoms with E-state index in [2.05, 4.69) is 10.5 Å². The van der Waals surface area contributed by atoms with Crippen LogP contribution < -0.4 is 16.0 Å². The van der Waals surface area contributed by atoms with Gasteiger partial charge in [-0.1, -0.05) is 29.8 Å². The molecule has 0 saturated heterocycles. The van der Waals surface area contributed by atoms with Crippen molar-refractivity contribution in [2.45, 2.75) is 19.4 Å². The summed E-state index contributed by atoms with van der Waals surface area (Å²) in [5, 5.41) is 5.00. The lowest BCUT2D eigenvalue weighted by Crippen LogP contribution is -2.30. The van der Waals surface area contributed by atoms with E-state index >= 15 is 0 Å². The molecule has 20 heavy (non-hydrogen) atoms. The number of methoxy groups -OCH3 is 1. The van der Waals surface area contributed by atoms with Gasteiger partial charge in [0.1, 0.15) is 5.75 Å². The van der Waals surface area contributed by atoms with Crippen LogP contribution in [-0.4, -0.2) is 16.9 Å². The molecule has 1 unspecified atom stereocenters. The van der Waals surface area contributed by atoms with E-state index in [1.165, 1.54) is 0 Å². The Morgan fingerprint density at radius 2 is 2.15 bits per heavy atom. The summed E-state index contributed by atoms with van der Waals surface area (Å²) in [4.78, 5) is 0. The summed E-state index contributed by atoms with van der Waals surface area (Å²) in [7, 11) is 3.53. The second-order valence-corrected chi connectivity index (χ2v) is 5.01. The average Bonchev–Trinajstić information content (AvgIpc) is 2.70. The lowest BCUT2D eigenvalue weighted by atomic mass is 10.0. The molecule has 1 heterocycles. The molecular weight excluding hydrogens is 276 g/mol. The van der Waals surface area contributed by atoms with Gasteiger partial charge in [0.25, 0.3) is 0 Å². The maximum absolute atomic E-state index is 6.29. The molecule has 2 aromatic rings. The number of rotatable bonds is 5. The first-order chi connectivity index (χ1) is 9.58. The van der Waals surface area contributed by atoms with Gasteiger partial charge in [0.2, 0.25) is 0 Å². The minimum absolute atomic E-state index is 0.0987. The summed E-state index contributed by atoms with van der Waals surface area (Å²) < 4.78 is 7.17. The van der Waals surface area contributed by atoms with E-state index in [0.717, 1.165) is 22.7 Å². The maximum atomic E-state index is 6.29. The Balaban J connectivity index is 2.34. The normalized spacial score (nSPS) is 12.4. The third-order valence-corrected chi connectivity index (χ3v) is 3.87. The molecule has 3 N–H and O–H groups in total. The first-order valence-corrected chi connectivity index (χ1v) is 6.73. The number of halogens is 1. The van der Waals surface area contributed by atoms with Gasteiger partial charge in [-0.3, -0.25) is 16.0 Å². The molecule has 0 bridgehead atoms. The molecule has 5 nitrogen and oxygen atoms in total. The molecule has 0 saturated carbocycles. The number of nitrogens with zero attached hydrogens (tertiary/aromatic N) is 2. The number of para-hydroxylation sites is 1. The fraction of sp³-hybridized carbons (Fsp3) is 0.357. The fourth-order valence-corrected chi connectivity index (χ4v) is 2.55. The minimum atomic E-state index is -0.0987. The first kappa shape index (κ1) is 14.8. The van der Waals surface area contributed by atoms with Crippen LogP contribution in [0.1, 0.15) is 23.0 Å². The highest BCUT2D eigenvalue weighted by Gasteiger charge is 2.20. The van der Waals surface area contributed by atoms with E-state index in [9.17, 15) is 0 Å². The molecule has 1 atom stereocenters. The van der Waals surface area contributed by atoms with Gasteiger partial charge >= 0.3 is 0 Å². The van der Waals surface area contributed by atoms with Crippen molar-refractivity contribution >= 4 is 11.6 Å². The zero-order valence-electron chi connectivity index (χ0n) is 11.9. The van der Waals surface area contributed by atoms with Gasteiger partial charge in [0.05, 0.1) is 29.6 Å². The van der Waals surface area contributed by atoms with Gasteiger partial charge in [-0.05, 0) is 13.0 Å². The average molecular weight is 295 g/mol. The Kier molecular flexibility index (Phi) is 4.65. The minimum Gasteiger partial charge on any atom is -0.496 e. The van der Waals surface area contributed by atoms with Crippen LogP contribution in [0, 0.1) is 6.92 Å². The maximum Gasteiger partial charge on any atom is 0.123 e. The van der Waals surface area contributed by atoms with Crippen molar-refractivity contribution in [2.24, 2.45) is 12.9 Å². The molecule has 0 spiro atoms. The molecule has 1 aromatic carbocycles. The number of hydrogen-bond donors (Lipinski definition) is 2. The third-order valence-electron chi connectivity index (χ3n) is 3.37. The van der Waals surface area contributed by atoms with Crippen LogP contribution in [0.4, 0.5) is 0 Å². The zero-order valence-corrected chi connectivity index (χ0v) is 12.6. The Morgan fingerprint density at radius 3 is 2.70 bits per heavy atom. The highest BCUT2D eigenvalue weighted by Crippen LogP contribution is 2.29. The number of aromatic nitrogens is 2. The largest absolute Gasteiger partial charge is 0.496 e. The molecule has 6 heteroatoms. The number of hydrazine groups is 1. The van der Waals surface area contributed by atoms with Gasteiger partial charge in [-0.25, -0.2) is 0 Å². The molecule has 0 aliphatic rings. The van der Waals surface area contributed by atoms with E-state index in [1.54, 1.807) is 11.8 Å². The number of ether oxygens (including phenoxy) is 1. The molecule has 2 rings (SSSR count). The van der Waals surface area contributed by atoms with Crippen LogP contribution >= 0.6 is 11.6 Å². The summed E-state index contributed by atoms with van der Waals surface area (Å²) in [5.41, 5.74) is 5.58. The monoisotopic (exact) mass is 294 g/mol. The van der Waals surface area contributed by atoms with Gasteiger partial charge < -0.3 is 4.74 Å². The van der Waals surface area contributed by atoms with Crippen LogP contribution in [0.15, 0.2) is 24.3 Å². The predicted molar refractivity (Wildman–Crippen MR) is 79.7 cm³/mol. The molecule has 0 aliphatic carbocycles. The molecule has 0 aliphatic heterocycles. The smallest absolute Gasteiger partial charge is 0.123 e. The van der Waals surface area contributed by atoms with E-state index in [1.807, 2.05) is 38.2 Å². The van der Waals surface area contributed by atoms with E-state index in [0.29, 0.717) is 11.4 Å². The van der Waals surface area contributed by atoms with Crippen molar-refractivity contribution in [1.29, 1.82) is 0 Å². The van der Waals surface area contributed by atoms with E-state index < -0.39 is 0 Å². The number of nitrogens with two attached hydrogens (primary N) is 1. The molecule has 108 valence electrons. The fourth-order valence-electron chi connectivity index (χ4n) is 2.31. The first-order valence-electron chi connectivity index (χ1n) is 6.35. The number of aryl methyl sites for hydroxylation is 2. The van der Waals surface area contributed by atoms with Crippen LogP contribution in [0.25, 0.3) is 0 Å². The van der Waals surface area contributed by atoms with Gasteiger partial charge in [0.15, 0.2) is 0 Å². The zero-order chi connectivity index (χ0) is 14.7. The Labute approximate surface area is 123 Å². The molecule has 0 radical (unpaired) electrons. The standard InChI is InChI=1S/C14H19ClN4O/c1-9-14(15)12(19(2)18-9)8-11(17-16)10-6-4-5-7-13(10)20-3/h4-7,11,17H,8,16H2,1-3H3. The summed E-state index contributed by atoms with van der Waals surface area (Å²) in [6, 6.07) is 7.68. The Hall–Kier alpha value is -1.56. The molecule has 0 fully saturated rings. The summed E-state index contributed by atoms with van der Waals surface area (Å²) in [6.45, 7) is 1.89. The highest BCUT2D eigenvalue weighted by atomic mass is 35.5. The lowest BCUT2D eigenvalue weighted by Gasteiger charge is -2.19. The second-order valence-electron chi connectivity index (χ2n) is 4.64. The summed E-state index contributed by atoms with van der Waals surface area (Å²) in [6.07, 6.45) is 0.632. The van der Waals surface area contributed by atoms with Crippen molar-refractivity contribution in [3.8, 4) is 5.75 Å². The quantitative estimate of drug-likeness (QED) is 0.655. The van der Waals surface area contributed by atoms with Crippen LogP contribution in [-0.2, 0) is 13.5 Å². The highest BCUT2D eigenvalue weighted by molar-refractivity contribution is 6.31. The number of hydrogen-bond acceptors (Lipinski definition) is 4. The van der Waals surface area contributed by atoms with Gasteiger partial charge in [0, 0.05) is 19.0 Å². The lowest BCUT2D eigenvalue weighted by molar-refractivity contribution is 0.398. The van der Waals surface area contributed by atoms with Crippen molar-refractivity contribution in [3.63, 3.8) is 0 Å². The molecular formula is C14H19ClN4O. The van der Waals surface area contributed by atoms with Crippen LogP contribution in [0.2, 0.25) is 5.02 Å². The topological polar surface area (TPSA) is 65.1 Å². The van der Waals surface area contributed by atoms with Gasteiger partial charge in [-0.2, -0.15) is 5.10 Å². The Morgan fingerprint density at radius 1 is 1.45 bits per heavy atom. The third kappa shape index (κ3) is 2.80. The van der Waals surface area contributed by atoms with Crippen molar-refractivity contribution in [3.05, 3.63) is 46.2 Å². The van der Waals surface area contributed by atoms with Crippen molar-refractivity contribution < 1.29 is 4.74 Å². The van der Waals surface area contributed by atoms with E-state index in [-0.39, 0.29) is 6.04 Å². The van der Waals surface area contributed by atoms with E-state index in [4.69, 9.17) is 22.2 Å². The summed E-state index contributed by atoms with van der Waals surface area (Å²) >= 11 is 6.29.